The summed E-state index contributed by atoms with van der Waals surface area (Å²) in [6.07, 6.45) is 2.60. The molecule has 1 atom stereocenters. The Balaban J connectivity index is 2.33. The summed E-state index contributed by atoms with van der Waals surface area (Å²) in [6.45, 7) is 2.02. The van der Waals surface area contributed by atoms with E-state index in [1.165, 1.54) is 12.3 Å². The third kappa shape index (κ3) is 3.19. The summed E-state index contributed by atoms with van der Waals surface area (Å²) in [4.78, 5) is 4.13. The van der Waals surface area contributed by atoms with Gasteiger partial charge in [0.2, 0.25) is 0 Å². The Morgan fingerprint density at radius 3 is 2.58 bits per heavy atom. The van der Waals surface area contributed by atoms with Gasteiger partial charge in [-0.25, -0.2) is 4.39 Å². The standard InChI is InChI=1S/C15H16BrFN2/c1-2-15(18,14-8-7-12(17)10-19-14)9-11-5-3-4-6-13(11)16/h3-8,10H,2,9,18H2,1H3. The first kappa shape index (κ1) is 14.2. The molecule has 100 valence electrons. The van der Waals surface area contributed by atoms with Gasteiger partial charge in [0.15, 0.2) is 0 Å². The van der Waals surface area contributed by atoms with Gasteiger partial charge in [0.1, 0.15) is 5.82 Å². The van der Waals surface area contributed by atoms with Crippen LogP contribution in [0.2, 0.25) is 0 Å². The number of aromatic nitrogens is 1. The minimum atomic E-state index is -0.586. The molecule has 2 aromatic rings. The van der Waals surface area contributed by atoms with E-state index in [2.05, 4.69) is 20.9 Å². The molecule has 2 rings (SSSR count). The fourth-order valence-electron chi connectivity index (χ4n) is 2.05. The SMILES string of the molecule is CCC(N)(Cc1ccccc1Br)c1ccc(F)cn1. The molecular formula is C15H16BrFN2. The van der Waals surface area contributed by atoms with Crippen molar-refractivity contribution < 1.29 is 4.39 Å². The van der Waals surface area contributed by atoms with Crippen molar-refractivity contribution in [2.45, 2.75) is 25.3 Å². The number of nitrogens with zero attached hydrogens (tertiary/aromatic N) is 1. The van der Waals surface area contributed by atoms with Gasteiger partial charge in [-0.15, -0.1) is 0 Å². The third-order valence-electron chi connectivity index (χ3n) is 3.33. The minimum Gasteiger partial charge on any atom is -0.320 e. The minimum absolute atomic E-state index is 0.344. The van der Waals surface area contributed by atoms with Crippen molar-refractivity contribution in [1.82, 2.24) is 4.98 Å². The molecule has 0 amide bonds. The van der Waals surface area contributed by atoms with Gasteiger partial charge in [0, 0.05) is 4.47 Å². The normalized spacial score (nSPS) is 14.1. The molecule has 0 spiro atoms. The zero-order valence-corrected chi connectivity index (χ0v) is 12.3. The number of nitrogens with two attached hydrogens (primary N) is 1. The van der Waals surface area contributed by atoms with Crippen LogP contribution in [-0.2, 0) is 12.0 Å². The molecule has 19 heavy (non-hydrogen) atoms. The van der Waals surface area contributed by atoms with Crippen LogP contribution in [-0.4, -0.2) is 4.98 Å². The van der Waals surface area contributed by atoms with Gasteiger partial charge in [-0.3, -0.25) is 4.98 Å². The number of pyridine rings is 1. The molecule has 0 saturated carbocycles. The molecule has 0 aliphatic heterocycles. The highest BCUT2D eigenvalue weighted by atomic mass is 79.9. The van der Waals surface area contributed by atoms with E-state index < -0.39 is 5.54 Å². The van der Waals surface area contributed by atoms with Crippen molar-refractivity contribution in [3.05, 3.63) is 64.1 Å². The lowest BCUT2D eigenvalue weighted by atomic mass is 9.86. The fraction of sp³-hybridized carbons (Fsp3) is 0.267. The molecule has 0 saturated heterocycles. The van der Waals surface area contributed by atoms with Crippen LogP contribution in [0.4, 0.5) is 4.39 Å². The van der Waals surface area contributed by atoms with E-state index in [-0.39, 0.29) is 5.82 Å². The Morgan fingerprint density at radius 2 is 2.00 bits per heavy atom. The summed E-state index contributed by atoms with van der Waals surface area (Å²) in [5.41, 5.74) is 7.72. The Morgan fingerprint density at radius 1 is 1.26 bits per heavy atom. The number of benzene rings is 1. The first-order valence-electron chi connectivity index (χ1n) is 6.19. The van der Waals surface area contributed by atoms with Crippen LogP contribution in [0.25, 0.3) is 0 Å². The molecule has 1 heterocycles. The maximum absolute atomic E-state index is 13.0. The maximum atomic E-state index is 13.0. The average molecular weight is 323 g/mol. The van der Waals surface area contributed by atoms with E-state index in [0.717, 1.165) is 16.5 Å². The fourth-order valence-corrected chi connectivity index (χ4v) is 2.47. The zero-order valence-electron chi connectivity index (χ0n) is 10.7. The van der Waals surface area contributed by atoms with Gasteiger partial charge >= 0.3 is 0 Å². The first-order valence-corrected chi connectivity index (χ1v) is 6.99. The van der Waals surface area contributed by atoms with Gasteiger partial charge in [0.05, 0.1) is 17.4 Å². The van der Waals surface area contributed by atoms with Crippen LogP contribution in [0.3, 0.4) is 0 Å². The lowest BCUT2D eigenvalue weighted by Crippen LogP contribution is -2.39. The van der Waals surface area contributed by atoms with E-state index in [1.54, 1.807) is 6.07 Å². The monoisotopic (exact) mass is 322 g/mol. The lowest BCUT2D eigenvalue weighted by Gasteiger charge is -2.28. The highest BCUT2D eigenvalue weighted by Crippen LogP contribution is 2.28. The van der Waals surface area contributed by atoms with Crippen LogP contribution in [0.15, 0.2) is 47.1 Å². The summed E-state index contributed by atoms with van der Waals surface area (Å²) < 4.78 is 14.0. The predicted molar refractivity (Wildman–Crippen MR) is 78.2 cm³/mol. The third-order valence-corrected chi connectivity index (χ3v) is 4.11. The van der Waals surface area contributed by atoms with E-state index in [1.807, 2.05) is 31.2 Å². The van der Waals surface area contributed by atoms with Gasteiger partial charge in [-0.05, 0) is 36.6 Å². The van der Waals surface area contributed by atoms with E-state index in [0.29, 0.717) is 12.1 Å². The molecule has 1 aromatic heterocycles. The average Bonchev–Trinajstić information content (AvgIpc) is 2.42. The predicted octanol–water partition coefficient (Wildman–Crippen LogP) is 3.79. The second-order valence-corrected chi connectivity index (χ2v) is 5.49. The van der Waals surface area contributed by atoms with Gasteiger partial charge < -0.3 is 5.73 Å². The molecule has 1 aromatic carbocycles. The van der Waals surface area contributed by atoms with Crippen molar-refractivity contribution in [1.29, 1.82) is 0 Å². The smallest absolute Gasteiger partial charge is 0.141 e. The van der Waals surface area contributed by atoms with Crippen molar-refractivity contribution >= 4 is 15.9 Å². The number of halogens is 2. The van der Waals surface area contributed by atoms with Crippen LogP contribution in [0.5, 0.6) is 0 Å². The maximum Gasteiger partial charge on any atom is 0.141 e. The van der Waals surface area contributed by atoms with E-state index >= 15 is 0 Å². The molecule has 4 heteroatoms. The van der Waals surface area contributed by atoms with Crippen LogP contribution < -0.4 is 5.73 Å². The van der Waals surface area contributed by atoms with E-state index in [4.69, 9.17) is 5.73 Å². The molecule has 0 aliphatic rings. The van der Waals surface area contributed by atoms with Crippen molar-refractivity contribution in [3.8, 4) is 0 Å². The lowest BCUT2D eigenvalue weighted by molar-refractivity contribution is 0.410. The molecule has 2 nitrogen and oxygen atoms in total. The molecule has 0 fully saturated rings. The molecule has 2 N–H and O–H groups in total. The summed E-state index contributed by atoms with van der Waals surface area (Å²) in [5.74, 6) is -0.344. The number of hydrogen-bond donors (Lipinski definition) is 1. The molecule has 0 aliphatic carbocycles. The first-order chi connectivity index (χ1) is 9.05. The van der Waals surface area contributed by atoms with Gasteiger partial charge in [-0.2, -0.15) is 0 Å². The van der Waals surface area contributed by atoms with Crippen LogP contribution >= 0.6 is 15.9 Å². The largest absolute Gasteiger partial charge is 0.320 e. The Kier molecular flexibility index (Phi) is 4.32. The van der Waals surface area contributed by atoms with Gasteiger partial charge in [-0.1, -0.05) is 41.1 Å². The number of rotatable bonds is 4. The Hall–Kier alpha value is -1.26. The second kappa shape index (κ2) is 5.80. The Bertz CT molecular complexity index is 556. The Labute approximate surface area is 121 Å². The summed E-state index contributed by atoms with van der Waals surface area (Å²) >= 11 is 3.53. The summed E-state index contributed by atoms with van der Waals surface area (Å²) in [6, 6.07) is 11.0. The molecule has 1 unspecified atom stereocenters. The number of hydrogen-bond acceptors (Lipinski definition) is 2. The zero-order chi connectivity index (χ0) is 13.9. The van der Waals surface area contributed by atoms with Crippen molar-refractivity contribution in [2.24, 2.45) is 5.73 Å². The summed E-state index contributed by atoms with van der Waals surface area (Å²) in [7, 11) is 0. The topological polar surface area (TPSA) is 38.9 Å². The van der Waals surface area contributed by atoms with Crippen LogP contribution in [0.1, 0.15) is 24.6 Å². The highest BCUT2D eigenvalue weighted by molar-refractivity contribution is 9.10. The van der Waals surface area contributed by atoms with Crippen LogP contribution in [0, 0.1) is 5.82 Å². The molecular weight excluding hydrogens is 307 g/mol. The second-order valence-electron chi connectivity index (χ2n) is 4.64. The van der Waals surface area contributed by atoms with Crippen molar-refractivity contribution in [3.63, 3.8) is 0 Å². The van der Waals surface area contributed by atoms with Crippen molar-refractivity contribution in [2.75, 3.05) is 0 Å². The molecule has 0 radical (unpaired) electrons. The van der Waals surface area contributed by atoms with Gasteiger partial charge in [0.25, 0.3) is 0 Å². The highest BCUT2D eigenvalue weighted by Gasteiger charge is 2.27. The summed E-state index contributed by atoms with van der Waals surface area (Å²) in [5, 5.41) is 0. The quantitative estimate of drug-likeness (QED) is 0.930. The molecule has 0 bridgehead atoms. The van der Waals surface area contributed by atoms with E-state index in [9.17, 15) is 4.39 Å².